The predicted octanol–water partition coefficient (Wildman–Crippen LogP) is 2.05. The Morgan fingerprint density at radius 1 is 1.00 bits per heavy atom. The van der Waals surface area contributed by atoms with E-state index in [-0.39, 0.29) is 23.6 Å². The molecule has 2 saturated heterocycles. The molecule has 0 bridgehead atoms. The van der Waals surface area contributed by atoms with E-state index < -0.39 is 17.9 Å². The van der Waals surface area contributed by atoms with Gasteiger partial charge in [0.2, 0.25) is 11.8 Å². The molecule has 6 heteroatoms. The van der Waals surface area contributed by atoms with Gasteiger partial charge in [0.1, 0.15) is 11.8 Å². The van der Waals surface area contributed by atoms with E-state index in [4.69, 9.17) is 4.74 Å². The van der Waals surface area contributed by atoms with Gasteiger partial charge in [-0.2, -0.15) is 0 Å². The van der Waals surface area contributed by atoms with Crippen molar-refractivity contribution < 1.29 is 19.1 Å². The number of anilines is 1. The van der Waals surface area contributed by atoms with Crippen molar-refractivity contribution in [1.29, 1.82) is 0 Å². The fourth-order valence-corrected chi connectivity index (χ4v) is 4.66. The van der Waals surface area contributed by atoms with Gasteiger partial charge in [-0.05, 0) is 35.9 Å². The average Bonchev–Trinajstić information content (AvgIpc) is 3.23. The summed E-state index contributed by atoms with van der Waals surface area (Å²) in [5, 5.41) is 2.42. The number of Topliss-reactive ketones (excluding diaryl/α,β-unsaturated/α-hetero) is 1. The lowest BCUT2D eigenvalue weighted by Crippen LogP contribution is -2.47. The number of para-hydroxylation sites is 1. The summed E-state index contributed by atoms with van der Waals surface area (Å²) >= 11 is 0. The van der Waals surface area contributed by atoms with Gasteiger partial charge in [0.25, 0.3) is 0 Å². The van der Waals surface area contributed by atoms with Crippen molar-refractivity contribution in [2.75, 3.05) is 12.0 Å². The zero-order valence-electron chi connectivity index (χ0n) is 15.2. The van der Waals surface area contributed by atoms with Gasteiger partial charge in [0.15, 0.2) is 5.78 Å². The molecule has 2 aromatic carbocycles. The molecule has 0 aliphatic carbocycles. The van der Waals surface area contributed by atoms with Crippen molar-refractivity contribution in [2.24, 2.45) is 11.8 Å². The van der Waals surface area contributed by atoms with E-state index in [2.05, 4.69) is 5.32 Å². The number of hydrogen-bond acceptors (Lipinski definition) is 5. The molecule has 5 rings (SSSR count). The maximum atomic E-state index is 13.5. The van der Waals surface area contributed by atoms with Crippen molar-refractivity contribution in [1.82, 2.24) is 5.32 Å². The molecular formula is C22H18N2O4. The largest absolute Gasteiger partial charge is 0.497 e. The summed E-state index contributed by atoms with van der Waals surface area (Å²) in [5.41, 5.74) is 2.33. The first kappa shape index (κ1) is 16.7. The van der Waals surface area contributed by atoms with E-state index in [1.165, 1.54) is 0 Å². The minimum absolute atomic E-state index is 0.171. The van der Waals surface area contributed by atoms with E-state index in [1.807, 2.05) is 41.3 Å². The van der Waals surface area contributed by atoms with E-state index >= 15 is 0 Å². The molecule has 6 nitrogen and oxygen atoms in total. The molecule has 2 amide bonds. The molecule has 0 unspecified atom stereocenters. The summed E-state index contributed by atoms with van der Waals surface area (Å²) in [6.45, 7) is 0. The molecule has 4 atom stereocenters. The van der Waals surface area contributed by atoms with Gasteiger partial charge < -0.3 is 9.64 Å². The number of imide groups is 1. The van der Waals surface area contributed by atoms with E-state index in [1.54, 1.807) is 31.4 Å². The highest BCUT2D eigenvalue weighted by Gasteiger charge is 2.61. The monoisotopic (exact) mass is 374 g/mol. The number of carbonyl (C=O) groups excluding carboxylic acids is 3. The smallest absolute Gasteiger partial charge is 0.233 e. The van der Waals surface area contributed by atoms with Gasteiger partial charge in [-0.15, -0.1) is 0 Å². The molecule has 0 saturated carbocycles. The minimum Gasteiger partial charge on any atom is -0.497 e. The zero-order valence-corrected chi connectivity index (χ0v) is 15.2. The molecule has 0 spiro atoms. The quantitative estimate of drug-likeness (QED) is 0.657. The summed E-state index contributed by atoms with van der Waals surface area (Å²) < 4.78 is 5.17. The van der Waals surface area contributed by atoms with Crippen LogP contribution < -0.4 is 15.0 Å². The third kappa shape index (κ3) is 2.24. The van der Waals surface area contributed by atoms with Crippen molar-refractivity contribution in [3.63, 3.8) is 0 Å². The molecule has 1 N–H and O–H groups in total. The van der Waals surface area contributed by atoms with Gasteiger partial charge >= 0.3 is 0 Å². The Hall–Kier alpha value is -3.41. The number of fused-ring (bicyclic) bond motifs is 5. The van der Waals surface area contributed by atoms with Crippen molar-refractivity contribution in [2.45, 2.75) is 12.1 Å². The summed E-state index contributed by atoms with van der Waals surface area (Å²) in [5.74, 6) is -1.47. The standard InChI is InChI=1S/C22H18N2O4/c1-28-14-9-6-13(7-10-14)20(25)19-18-17(21(26)23-22(18)27)16-11-8-12-4-2-3-5-15(12)24(16)19/h2-11,16-19H,1H3,(H,23,26,27)/t16-,17-,18-,19-/m0/s1. The second-order valence-corrected chi connectivity index (χ2v) is 7.26. The maximum absolute atomic E-state index is 13.5. The summed E-state index contributed by atoms with van der Waals surface area (Å²) in [7, 11) is 1.56. The number of ketones is 1. The van der Waals surface area contributed by atoms with Crippen LogP contribution in [-0.2, 0) is 9.59 Å². The first-order valence-electron chi connectivity index (χ1n) is 9.18. The van der Waals surface area contributed by atoms with Gasteiger partial charge in [-0.25, -0.2) is 0 Å². The van der Waals surface area contributed by atoms with Gasteiger partial charge in [0.05, 0.1) is 25.0 Å². The summed E-state index contributed by atoms with van der Waals surface area (Å²) in [6, 6.07) is 13.5. The molecule has 2 fully saturated rings. The fourth-order valence-electron chi connectivity index (χ4n) is 4.66. The Bertz CT molecular complexity index is 1030. The van der Waals surface area contributed by atoms with Crippen LogP contribution in [0.2, 0.25) is 0 Å². The molecule has 28 heavy (non-hydrogen) atoms. The fraction of sp³-hybridized carbons (Fsp3) is 0.227. The Morgan fingerprint density at radius 2 is 1.71 bits per heavy atom. The normalized spacial score (nSPS) is 27.1. The number of methoxy groups -OCH3 is 1. The molecule has 2 aromatic rings. The van der Waals surface area contributed by atoms with E-state index in [0.717, 1.165) is 11.3 Å². The number of carbonyl (C=O) groups is 3. The number of ether oxygens (including phenoxy) is 1. The number of nitrogens with zero attached hydrogens (tertiary/aromatic N) is 1. The maximum Gasteiger partial charge on any atom is 0.233 e. The summed E-state index contributed by atoms with van der Waals surface area (Å²) in [4.78, 5) is 40.6. The number of amides is 2. The van der Waals surface area contributed by atoms with Crippen LogP contribution >= 0.6 is 0 Å². The number of hydrogen-bond donors (Lipinski definition) is 1. The number of benzene rings is 2. The van der Waals surface area contributed by atoms with Gasteiger partial charge in [-0.1, -0.05) is 30.4 Å². The van der Waals surface area contributed by atoms with Gasteiger partial charge in [-0.3, -0.25) is 19.7 Å². The van der Waals surface area contributed by atoms with Crippen LogP contribution in [0.3, 0.4) is 0 Å². The van der Waals surface area contributed by atoms with Crippen LogP contribution in [0.5, 0.6) is 5.75 Å². The lowest BCUT2D eigenvalue weighted by molar-refractivity contribution is -0.126. The highest BCUT2D eigenvalue weighted by Crippen LogP contribution is 2.46. The van der Waals surface area contributed by atoms with E-state index in [0.29, 0.717) is 11.3 Å². The highest BCUT2D eigenvalue weighted by atomic mass is 16.5. The minimum atomic E-state index is -0.735. The Morgan fingerprint density at radius 3 is 2.46 bits per heavy atom. The molecule has 0 radical (unpaired) electrons. The first-order chi connectivity index (χ1) is 13.6. The number of nitrogens with one attached hydrogen (secondary N) is 1. The van der Waals surface area contributed by atoms with E-state index in [9.17, 15) is 14.4 Å². The molecule has 3 aliphatic rings. The molecule has 3 heterocycles. The van der Waals surface area contributed by atoms with Crippen LogP contribution in [0.4, 0.5) is 5.69 Å². The van der Waals surface area contributed by atoms with Crippen molar-refractivity contribution in [3.05, 3.63) is 65.7 Å². The molecule has 3 aliphatic heterocycles. The average molecular weight is 374 g/mol. The first-order valence-corrected chi connectivity index (χ1v) is 9.18. The lowest BCUT2D eigenvalue weighted by Gasteiger charge is -2.35. The Labute approximate surface area is 161 Å². The van der Waals surface area contributed by atoms with Crippen molar-refractivity contribution in [3.8, 4) is 5.75 Å². The molecule has 140 valence electrons. The van der Waals surface area contributed by atoms with Crippen molar-refractivity contribution >= 4 is 29.4 Å². The van der Waals surface area contributed by atoms with Crippen LogP contribution in [0.15, 0.2) is 54.6 Å². The lowest BCUT2D eigenvalue weighted by atomic mass is 9.86. The second kappa shape index (κ2) is 6.05. The zero-order chi connectivity index (χ0) is 19.4. The Balaban J connectivity index is 1.63. The van der Waals surface area contributed by atoms with Crippen LogP contribution in [0.25, 0.3) is 6.08 Å². The topological polar surface area (TPSA) is 75.7 Å². The molecule has 0 aromatic heterocycles. The third-order valence-corrected chi connectivity index (χ3v) is 5.90. The molecular weight excluding hydrogens is 356 g/mol. The second-order valence-electron chi connectivity index (χ2n) is 7.26. The van der Waals surface area contributed by atoms with Crippen LogP contribution in [0, 0.1) is 11.8 Å². The number of rotatable bonds is 3. The van der Waals surface area contributed by atoms with Crippen LogP contribution in [0.1, 0.15) is 15.9 Å². The predicted molar refractivity (Wildman–Crippen MR) is 103 cm³/mol. The highest BCUT2D eigenvalue weighted by molar-refractivity contribution is 6.14. The third-order valence-electron chi connectivity index (χ3n) is 5.90. The Kier molecular flexibility index (Phi) is 3.62. The van der Waals surface area contributed by atoms with Crippen LogP contribution in [-0.4, -0.2) is 36.8 Å². The SMILES string of the molecule is COc1ccc(C(=O)[C@@H]2[C@H]3C(=O)NC(=O)[C@H]3[C@@H]3C=Cc4ccccc4N23)cc1. The van der Waals surface area contributed by atoms with Gasteiger partial charge in [0, 0.05) is 11.3 Å². The summed E-state index contributed by atoms with van der Waals surface area (Å²) in [6.07, 6.45) is 3.89.